The maximum atomic E-state index is 13.3. The molecule has 2 heterocycles. The lowest BCUT2D eigenvalue weighted by Gasteiger charge is -2.40. The predicted octanol–water partition coefficient (Wildman–Crippen LogP) is 6.77. The van der Waals surface area contributed by atoms with E-state index in [1.54, 1.807) is 0 Å². The number of amides is 1. The van der Waals surface area contributed by atoms with Crippen molar-refractivity contribution in [2.24, 2.45) is 0 Å². The first-order valence-electron chi connectivity index (χ1n) is 13.7. The van der Waals surface area contributed by atoms with Crippen molar-refractivity contribution in [3.8, 4) is 0 Å². The summed E-state index contributed by atoms with van der Waals surface area (Å²) in [7, 11) is 0. The lowest BCUT2D eigenvalue weighted by molar-refractivity contribution is 0.0566. The number of carbonyl (C=O) groups excluding carboxylic acids is 1. The number of rotatable bonds is 7. The minimum Gasteiger partial charge on any atom is -0.372 e. The Morgan fingerprint density at radius 2 is 1.39 bits per heavy atom. The highest BCUT2D eigenvalue weighted by atomic mass is 16.2. The number of piperidine rings is 1. The van der Waals surface area contributed by atoms with Crippen molar-refractivity contribution in [1.29, 1.82) is 0 Å². The van der Waals surface area contributed by atoms with Crippen LogP contribution in [0.1, 0.15) is 73.6 Å². The minimum atomic E-state index is 0.210. The van der Waals surface area contributed by atoms with E-state index in [2.05, 4.69) is 101 Å². The van der Waals surface area contributed by atoms with E-state index >= 15 is 0 Å². The normalized spacial score (nSPS) is 16.0. The first kappa shape index (κ1) is 26.0. The Morgan fingerprint density at radius 3 is 1.92 bits per heavy atom. The quantitative estimate of drug-likeness (QED) is 0.371. The summed E-state index contributed by atoms with van der Waals surface area (Å²) in [4.78, 5) is 20.3. The van der Waals surface area contributed by atoms with Crippen molar-refractivity contribution < 1.29 is 4.79 Å². The monoisotopic (exact) mass is 483 g/mol. The molecule has 36 heavy (non-hydrogen) atoms. The van der Waals surface area contributed by atoms with Gasteiger partial charge in [-0.1, -0.05) is 74.5 Å². The molecule has 3 aromatic carbocycles. The molecular formula is C32H41N3O. The van der Waals surface area contributed by atoms with Crippen molar-refractivity contribution >= 4 is 11.6 Å². The Balaban J connectivity index is 0.00000148. The SMILES string of the molecule is CC.CCN(CC)c1ccc2c(c1)CN(C1CCN(C(c3ccccc3)c3ccccc3)CC1)C2=O. The van der Waals surface area contributed by atoms with E-state index < -0.39 is 0 Å². The highest BCUT2D eigenvalue weighted by molar-refractivity contribution is 5.99. The molecule has 4 heteroatoms. The van der Waals surface area contributed by atoms with Crippen LogP contribution in [0.4, 0.5) is 5.69 Å². The number of nitrogens with zero attached hydrogens (tertiary/aromatic N) is 3. The van der Waals surface area contributed by atoms with Gasteiger partial charge in [-0.15, -0.1) is 0 Å². The third kappa shape index (κ3) is 5.34. The van der Waals surface area contributed by atoms with E-state index in [4.69, 9.17) is 0 Å². The van der Waals surface area contributed by atoms with Crippen LogP contribution in [-0.4, -0.2) is 47.9 Å². The summed E-state index contributed by atoms with van der Waals surface area (Å²) in [5.74, 6) is 0.210. The molecule has 0 spiro atoms. The van der Waals surface area contributed by atoms with Gasteiger partial charge in [-0.3, -0.25) is 9.69 Å². The van der Waals surface area contributed by atoms with E-state index in [0.29, 0.717) is 6.04 Å². The van der Waals surface area contributed by atoms with Crippen LogP contribution in [0.3, 0.4) is 0 Å². The third-order valence-corrected chi connectivity index (χ3v) is 7.58. The van der Waals surface area contributed by atoms with Gasteiger partial charge >= 0.3 is 0 Å². The van der Waals surface area contributed by atoms with Gasteiger partial charge in [0.1, 0.15) is 0 Å². The number of anilines is 1. The number of benzene rings is 3. The van der Waals surface area contributed by atoms with Gasteiger partial charge in [-0.25, -0.2) is 0 Å². The zero-order valence-corrected chi connectivity index (χ0v) is 22.4. The number of hydrogen-bond acceptors (Lipinski definition) is 3. The Hall–Kier alpha value is -3.11. The van der Waals surface area contributed by atoms with Crippen LogP contribution in [0.2, 0.25) is 0 Å². The molecule has 3 aromatic rings. The molecule has 2 aliphatic rings. The molecule has 190 valence electrons. The Bertz CT molecular complexity index is 1060. The van der Waals surface area contributed by atoms with Crippen LogP contribution < -0.4 is 4.90 Å². The molecule has 5 rings (SSSR count). The molecule has 1 fully saturated rings. The molecule has 2 aliphatic heterocycles. The molecule has 0 N–H and O–H groups in total. The Kier molecular flexibility index (Phi) is 8.82. The summed E-state index contributed by atoms with van der Waals surface area (Å²) in [5, 5.41) is 0. The van der Waals surface area contributed by atoms with E-state index in [-0.39, 0.29) is 11.9 Å². The van der Waals surface area contributed by atoms with E-state index in [9.17, 15) is 4.79 Å². The second kappa shape index (κ2) is 12.2. The van der Waals surface area contributed by atoms with Gasteiger partial charge in [0.15, 0.2) is 0 Å². The van der Waals surface area contributed by atoms with Crippen molar-refractivity contribution in [3.05, 3.63) is 101 Å². The third-order valence-electron chi connectivity index (χ3n) is 7.58. The van der Waals surface area contributed by atoms with E-state index in [1.165, 1.54) is 22.4 Å². The standard InChI is InChI=1S/C30H35N3O.C2H6/c1-3-31(4-2)27-15-16-28-25(21-27)22-33(30(28)34)26-17-19-32(20-18-26)29(23-11-7-5-8-12-23)24-13-9-6-10-14-24;1-2/h5-16,21,26,29H,3-4,17-20,22H2,1-2H3;1-2H3. The summed E-state index contributed by atoms with van der Waals surface area (Å²) in [6.45, 7) is 13.0. The van der Waals surface area contributed by atoms with Gasteiger partial charge in [0.25, 0.3) is 5.91 Å². The zero-order valence-electron chi connectivity index (χ0n) is 22.4. The average Bonchev–Trinajstić information content (AvgIpc) is 3.28. The first-order valence-corrected chi connectivity index (χ1v) is 13.7. The molecule has 0 atom stereocenters. The van der Waals surface area contributed by atoms with Crippen LogP contribution in [0.15, 0.2) is 78.9 Å². The maximum absolute atomic E-state index is 13.3. The van der Waals surface area contributed by atoms with Gasteiger partial charge in [0.2, 0.25) is 0 Å². The summed E-state index contributed by atoms with van der Waals surface area (Å²) in [6.07, 6.45) is 2.03. The maximum Gasteiger partial charge on any atom is 0.254 e. The van der Waals surface area contributed by atoms with Crippen LogP contribution in [-0.2, 0) is 6.54 Å². The molecule has 1 saturated heterocycles. The van der Waals surface area contributed by atoms with Gasteiger partial charge in [0.05, 0.1) is 6.04 Å². The Morgan fingerprint density at radius 1 is 0.833 bits per heavy atom. The zero-order chi connectivity index (χ0) is 25.5. The fourth-order valence-corrected chi connectivity index (χ4v) is 5.75. The van der Waals surface area contributed by atoms with Crippen molar-refractivity contribution in [3.63, 3.8) is 0 Å². The lowest BCUT2D eigenvalue weighted by atomic mass is 9.93. The van der Waals surface area contributed by atoms with Crippen LogP contribution in [0, 0.1) is 0 Å². The molecule has 4 nitrogen and oxygen atoms in total. The number of likely N-dealkylation sites (tertiary alicyclic amines) is 1. The second-order valence-corrected chi connectivity index (χ2v) is 9.44. The molecule has 1 amide bonds. The van der Waals surface area contributed by atoms with Gasteiger partial charge in [-0.2, -0.15) is 0 Å². The second-order valence-electron chi connectivity index (χ2n) is 9.44. The summed E-state index contributed by atoms with van der Waals surface area (Å²) in [6, 6.07) is 28.6. The van der Waals surface area contributed by atoms with Crippen molar-refractivity contribution in [1.82, 2.24) is 9.80 Å². The number of hydrogen-bond donors (Lipinski definition) is 0. The minimum absolute atomic E-state index is 0.210. The van der Waals surface area contributed by atoms with Gasteiger partial charge in [0, 0.05) is 50.0 Å². The van der Waals surface area contributed by atoms with Gasteiger partial charge in [-0.05, 0) is 61.6 Å². The summed E-state index contributed by atoms with van der Waals surface area (Å²) >= 11 is 0. The van der Waals surface area contributed by atoms with Crippen LogP contribution in [0.25, 0.3) is 0 Å². The average molecular weight is 484 g/mol. The lowest BCUT2D eigenvalue weighted by Crippen LogP contribution is -2.46. The number of carbonyl (C=O) groups is 1. The van der Waals surface area contributed by atoms with Gasteiger partial charge < -0.3 is 9.80 Å². The largest absolute Gasteiger partial charge is 0.372 e. The van der Waals surface area contributed by atoms with E-state index in [0.717, 1.165) is 51.1 Å². The smallest absolute Gasteiger partial charge is 0.254 e. The van der Waals surface area contributed by atoms with Crippen molar-refractivity contribution in [2.45, 2.75) is 59.2 Å². The molecule has 0 aliphatic carbocycles. The molecular weight excluding hydrogens is 442 g/mol. The highest BCUT2D eigenvalue weighted by Gasteiger charge is 2.36. The molecule has 0 saturated carbocycles. The topological polar surface area (TPSA) is 26.8 Å². The molecule has 0 radical (unpaired) electrons. The fraction of sp³-hybridized carbons (Fsp3) is 0.406. The first-order chi connectivity index (χ1) is 17.7. The molecule has 0 aromatic heterocycles. The summed E-state index contributed by atoms with van der Waals surface area (Å²) in [5.41, 5.74) is 5.97. The molecule has 0 bridgehead atoms. The molecule has 0 unspecified atom stereocenters. The summed E-state index contributed by atoms with van der Waals surface area (Å²) < 4.78 is 0. The Labute approximate surface area is 217 Å². The van der Waals surface area contributed by atoms with E-state index in [1.807, 2.05) is 19.9 Å². The highest BCUT2D eigenvalue weighted by Crippen LogP contribution is 2.35. The van der Waals surface area contributed by atoms with Crippen LogP contribution in [0.5, 0.6) is 0 Å². The van der Waals surface area contributed by atoms with Crippen molar-refractivity contribution in [2.75, 3.05) is 31.1 Å². The predicted molar refractivity (Wildman–Crippen MR) is 151 cm³/mol. The fourth-order valence-electron chi connectivity index (χ4n) is 5.75. The van der Waals surface area contributed by atoms with Crippen LogP contribution >= 0.6 is 0 Å². The number of fused-ring (bicyclic) bond motifs is 1.